The molecular weight excluding hydrogens is 346 g/mol. The number of aromatic nitrogens is 1. The van der Waals surface area contributed by atoms with Gasteiger partial charge in [-0.15, -0.1) is 0 Å². The predicted molar refractivity (Wildman–Crippen MR) is 107 cm³/mol. The van der Waals surface area contributed by atoms with Gasteiger partial charge in [0.05, 0.1) is 5.69 Å². The first-order valence-electron chi connectivity index (χ1n) is 9.19. The molecule has 140 valence electrons. The first-order valence-corrected chi connectivity index (χ1v) is 9.57. The second-order valence-corrected chi connectivity index (χ2v) is 7.80. The molecule has 2 rings (SSSR count). The molecule has 1 atom stereocenters. The van der Waals surface area contributed by atoms with Gasteiger partial charge < -0.3 is 10.6 Å². The van der Waals surface area contributed by atoms with Crippen LogP contribution in [0.5, 0.6) is 0 Å². The van der Waals surface area contributed by atoms with E-state index < -0.39 is 0 Å². The van der Waals surface area contributed by atoms with Gasteiger partial charge in [-0.1, -0.05) is 63.6 Å². The van der Waals surface area contributed by atoms with E-state index in [2.05, 4.69) is 67.6 Å². The third-order valence-corrected chi connectivity index (χ3v) is 4.62. The minimum Gasteiger partial charge on any atom is -0.332 e. The monoisotopic (exact) mass is 374 g/mol. The van der Waals surface area contributed by atoms with Crippen molar-refractivity contribution in [3.05, 3.63) is 58.9 Å². The maximum Gasteiger partial charge on any atom is 0.279 e. The quantitative estimate of drug-likeness (QED) is 0.690. The number of hydrogen-bond acceptors (Lipinski definition) is 2. The molecule has 1 heterocycles. The van der Waals surface area contributed by atoms with E-state index in [1.165, 1.54) is 11.1 Å². The van der Waals surface area contributed by atoms with Crippen LogP contribution in [-0.2, 0) is 11.2 Å². The Labute approximate surface area is 161 Å². The van der Waals surface area contributed by atoms with Crippen molar-refractivity contribution in [3.63, 3.8) is 0 Å². The van der Waals surface area contributed by atoms with Crippen molar-refractivity contribution in [2.45, 2.75) is 40.2 Å². The summed E-state index contributed by atoms with van der Waals surface area (Å²) in [5.74, 6) is 0.985. The average molecular weight is 375 g/mol. The fraction of sp³-hybridized carbons (Fsp3) is 0.429. The first-order chi connectivity index (χ1) is 12.4. The number of halogens is 1. The number of benzene rings is 1. The molecule has 5 heteroatoms. The molecule has 3 N–H and O–H groups in total. The summed E-state index contributed by atoms with van der Waals surface area (Å²) in [6.45, 7) is 9.15. The standard InChI is InChI=1S/C21H28ClN3O/c1-14(2)12-16-7-9-17(10-8-16)20(15(3)4)24-13-19(26)25-18-6-5-11-23-21(18)22/h5-11,14-15,20,24H,12-13H2,1-4H3,(H,25,26)/p+1/t20-/m0/s1. The van der Waals surface area contributed by atoms with E-state index >= 15 is 0 Å². The van der Waals surface area contributed by atoms with Crippen molar-refractivity contribution in [1.29, 1.82) is 0 Å². The lowest BCUT2D eigenvalue weighted by Crippen LogP contribution is -2.88. The highest BCUT2D eigenvalue weighted by Gasteiger charge is 2.20. The van der Waals surface area contributed by atoms with Gasteiger partial charge in [0.25, 0.3) is 5.91 Å². The van der Waals surface area contributed by atoms with E-state index in [-0.39, 0.29) is 11.9 Å². The number of nitrogens with zero attached hydrogens (tertiary/aromatic N) is 1. The summed E-state index contributed by atoms with van der Waals surface area (Å²) in [4.78, 5) is 16.2. The van der Waals surface area contributed by atoms with E-state index in [9.17, 15) is 4.79 Å². The van der Waals surface area contributed by atoms with E-state index in [1.54, 1.807) is 18.3 Å². The molecule has 1 aromatic carbocycles. The van der Waals surface area contributed by atoms with Gasteiger partial charge in [-0.05, 0) is 30.0 Å². The van der Waals surface area contributed by atoms with E-state index in [4.69, 9.17) is 11.6 Å². The molecule has 1 amide bonds. The Morgan fingerprint density at radius 3 is 2.42 bits per heavy atom. The second-order valence-electron chi connectivity index (χ2n) is 7.44. The summed E-state index contributed by atoms with van der Waals surface area (Å²) in [5.41, 5.74) is 3.15. The largest absolute Gasteiger partial charge is 0.332 e. The van der Waals surface area contributed by atoms with E-state index in [1.807, 2.05) is 0 Å². The van der Waals surface area contributed by atoms with Crippen LogP contribution >= 0.6 is 11.6 Å². The van der Waals surface area contributed by atoms with Crippen LogP contribution in [0.2, 0.25) is 5.15 Å². The Morgan fingerprint density at radius 2 is 1.85 bits per heavy atom. The number of quaternary nitrogens is 1. The van der Waals surface area contributed by atoms with Gasteiger partial charge >= 0.3 is 0 Å². The molecule has 0 aliphatic heterocycles. The summed E-state index contributed by atoms with van der Waals surface area (Å²) in [7, 11) is 0. The minimum atomic E-state index is -0.0815. The zero-order chi connectivity index (χ0) is 19.1. The van der Waals surface area contributed by atoms with Crippen LogP contribution in [0.15, 0.2) is 42.6 Å². The number of rotatable bonds is 8. The summed E-state index contributed by atoms with van der Waals surface area (Å²) in [6.07, 6.45) is 2.69. The normalized spacial score (nSPS) is 12.4. The van der Waals surface area contributed by atoms with Crippen LogP contribution in [0.1, 0.15) is 44.9 Å². The van der Waals surface area contributed by atoms with Crippen LogP contribution in [0.4, 0.5) is 5.69 Å². The molecule has 1 aromatic heterocycles. The van der Waals surface area contributed by atoms with Gasteiger partial charge in [0.15, 0.2) is 11.7 Å². The highest BCUT2D eigenvalue weighted by Crippen LogP contribution is 2.20. The molecule has 0 saturated carbocycles. The molecule has 0 saturated heterocycles. The van der Waals surface area contributed by atoms with Crippen molar-refractivity contribution in [1.82, 2.24) is 4.98 Å². The summed E-state index contributed by atoms with van der Waals surface area (Å²) in [5, 5.41) is 5.21. The number of carbonyl (C=O) groups excluding carboxylic acids is 1. The maximum absolute atomic E-state index is 12.3. The van der Waals surface area contributed by atoms with Crippen LogP contribution in [0.25, 0.3) is 0 Å². The highest BCUT2D eigenvalue weighted by molar-refractivity contribution is 6.32. The van der Waals surface area contributed by atoms with Gasteiger partial charge in [0, 0.05) is 17.7 Å². The van der Waals surface area contributed by atoms with Gasteiger partial charge in [0.1, 0.15) is 6.04 Å². The van der Waals surface area contributed by atoms with Gasteiger partial charge in [-0.3, -0.25) is 4.79 Å². The lowest BCUT2D eigenvalue weighted by molar-refractivity contribution is -0.692. The smallest absolute Gasteiger partial charge is 0.279 e. The van der Waals surface area contributed by atoms with Crippen molar-refractivity contribution >= 4 is 23.2 Å². The predicted octanol–water partition coefficient (Wildman–Crippen LogP) is 3.83. The topological polar surface area (TPSA) is 58.6 Å². The van der Waals surface area contributed by atoms with Crippen LogP contribution in [0, 0.1) is 11.8 Å². The Hall–Kier alpha value is -1.91. The Balaban J connectivity index is 1.97. The minimum absolute atomic E-state index is 0.0815. The molecule has 4 nitrogen and oxygen atoms in total. The van der Waals surface area contributed by atoms with E-state index in [0.29, 0.717) is 29.2 Å². The zero-order valence-corrected chi connectivity index (χ0v) is 16.8. The van der Waals surface area contributed by atoms with E-state index in [0.717, 1.165) is 6.42 Å². The number of anilines is 1. The number of hydrogen-bond donors (Lipinski definition) is 2. The summed E-state index contributed by atoms with van der Waals surface area (Å²) >= 11 is 5.99. The molecule has 0 aliphatic carbocycles. The average Bonchev–Trinajstić information content (AvgIpc) is 2.58. The highest BCUT2D eigenvalue weighted by atomic mass is 35.5. The van der Waals surface area contributed by atoms with Gasteiger partial charge in [0.2, 0.25) is 0 Å². The lowest BCUT2D eigenvalue weighted by atomic mass is 9.94. The molecule has 0 radical (unpaired) electrons. The number of pyridine rings is 1. The van der Waals surface area contributed by atoms with Crippen molar-refractivity contribution in [3.8, 4) is 0 Å². The Morgan fingerprint density at radius 1 is 1.15 bits per heavy atom. The fourth-order valence-electron chi connectivity index (χ4n) is 3.06. The van der Waals surface area contributed by atoms with Gasteiger partial charge in [-0.25, -0.2) is 4.98 Å². The molecule has 0 spiro atoms. The van der Waals surface area contributed by atoms with Crippen molar-refractivity contribution < 1.29 is 10.1 Å². The SMILES string of the molecule is CC(C)Cc1ccc([C@@H]([NH2+]CC(=O)Nc2cccnc2Cl)C(C)C)cc1. The number of nitrogens with two attached hydrogens (primary N) is 1. The number of amides is 1. The number of nitrogens with one attached hydrogen (secondary N) is 1. The molecule has 2 aromatic rings. The third kappa shape index (κ3) is 6.11. The fourth-order valence-corrected chi connectivity index (χ4v) is 3.22. The number of carbonyl (C=O) groups is 1. The lowest BCUT2D eigenvalue weighted by Gasteiger charge is -2.20. The molecule has 0 aliphatic rings. The molecule has 0 fully saturated rings. The van der Waals surface area contributed by atoms with Gasteiger partial charge in [-0.2, -0.15) is 0 Å². The molecular formula is C21H29ClN3O+. The van der Waals surface area contributed by atoms with Crippen molar-refractivity contribution in [2.24, 2.45) is 11.8 Å². The Kier molecular flexibility index (Phi) is 7.61. The third-order valence-electron chi connectivity index (χ3n) is 4.32. The molecule has 0 unspecified atom stereocenters. The first kappa shape index (κ1) is 20.4. The van der Waals surface area contributed by atoms with Crippen LogP contribution < -0.4 is 10.6 Å². The Bertz CT molecular complexity index is 713. The maximum atomic E-state index is 12.3. The van der Waals surface area contributed by atoms with Crippen LogP contribution in [-0.4, -0.2) is 17.4 Å². The zero-order valence-electron chi connectivity index (χ0n) is 16.0. The summed E-state index contributed by atoms with van der Waals surface area (Å²) < 4.78 is 0. The van der Waals surface area contributed by atoms with Crippen molar-refractivity contribution in [2.75, 3.05) is 11.9 Å². The molecule has 26 heavy (non-hydrogen) atoms. The van der Waals surface area contributed by atoms with Crippen LogP contribution in [0.3, 0.4) is 0 Å². The second kappa shape index (κ2) is 9.70. The molecule has 0 bridgehead atoms. The summed E-state index contributed by atoms with van der Waals surface area (Å²) in [6, 6.07) is 12.5.